The second kappa shape index (κ2) is 10.6. The number of likely N-dealkylation sites (N-methyl/N-ethyl adjacent to an activating group) is 1. The van der Waals surface area contributed by atoms with Crippen LogP contribution in [0.15, 0.2) is 35.3 Å². The summed E-state index contributed by atoms with van der Waals surface area (Å²) in [4.78, 5) is 9.53. The molecule has 0 saturated carbocycles. The fourth-order valence-electron chi connectivity index (χ4n) is 3.67. The highest BCUT2D eigenvalue weighted by atomic mass is 16.5. The first-order chi connectivity index (χ1) is 13.2. The molecule has 0 radical (unpaired) electrons. The number of nitrogens with zero attached hydrogens (tertiary/aromatic N) is 3. The third-order valence-electron chi connectivity index (χ3n) is 5.17. The van der Waals surface area contributed by atoms with E-state index in [-0.39, 0.29) is 6.10 Å². The topological polar surface area (TPSA) is 49.3 Å². The normalized spacial score (nSPS) is 24.4. The van der Waals surface area contributed by atoms with Gasteiger partial charge in [-0.2, -0.15) is 0 Å². The number of guanidine groups is 1. The third kappa shape index (κ3) is 6.48. The van der Waals surface area contributed by atoms with Crippen molar-refractivity contribution in [3.8, 4) is 0 Å². The van der Waals surface area contributed by atoms with Crippen molar-refractivity contribution in [1.29, 1.82) is 0 Å². The summed E-state index contributed by atoms with van der Waals surface area (Å²) in [5.74, 6) is 1.58. The standard InChI is InChI=1S/C21H34N4O2/c1-3-22-21(23-13-20-15-24(2)11-12-27-20)25-10-9-19(14-25)17-26-16-18-7-5-4-6-8-18/h4-8,19-20H,3,9-17H2,1-2H3,(H,22,23). The zero-order chi connectivity index (χ0) is 18.9. The van der Waals surface area contributed by atoms with Crippen molar-refractivity contribution in [3.63, 3.8) is 0 Å². The fraction of sp³-hybridized carbons (Fsp3) is 0.667. The largest absolute Gasteiger partial charge is 0.376 e. The number of aliphatic imine (C=N–C) groups is 1. The summed E-state index contributed by atoms with van der Waals surface area (Å²) >= 11 is 0. The number of hydrogen-bond acceptors (Lipinski definition) is 4. The summed E-state index contributed by atoms with van der Waals surface area (Å²) < 4.78 is 11.8. The van der Waals surface area contributed by atoms with Gasteiger partial charge in [-0.1, -0.05) is 30.3 Å². The summed E-state index contributed by atoms with van der Waals surface area (Å²) in [5.41, 5.74) is 1.24. The molecule has 6 heteroatoms. The van der Waals surface area contributed by atoms with Crippen molar-refractivity contribution in [1.82, 2.24) is 15.1 Å². The molecule has 2 fully saturated rings. The molecule has 27 heavy (non-hydrogen) atoms. The highest BCUT2D eigenvalue weighted by Crippen LogP contribution is 2.17. The van der Waals surface area contributed by atoms with Gasteiger partial charge in [0.05, 0.1) is 32.5 Å². The Morgan fingerprint density at radius 1 is 1.26 bits per heavy atom. The maximum absolute atomic E-state index is 5.95. The minimum absolute atomic E-state index is 0.199. The van der Waals surface area contributed by atoms with Crippen molar-refractivity contribution in [2.24, 2.45) is 10.9 Å². The van der Waals surface area contributed by atoms with E-state index in [2.05, 4.69) is 53.4 Å². The van der Waals surface area contributed by atoms with Gasteiger partial charge in [0.25, 0.3) is 0 Å². The van der Waals surface area contributed by atoms with Gasteiger partial charge in [-0.15, -0.1) is 0 Å². The quantitative estimate of drug-likeness (QED) is 0.583. The first kappa shape index (κ1) is 20.1. The molecule has 150 valence electrons. The van der Waals surface area contributed by atoms with E-state index in [0.717, 1.165) is 64.9 Å². The Morgan fingerprint density at radius 3 is 2.89 bits per heavy atom. The van der Waals surface area contributed by atoms with Crippen LogP contribution in [0.2, 0.25) is 0 Å². The molecular weight excluding hydrogens is 340 g/mol. The molecule has 2 unspecified atom stereocenters. The number of benzene rings is 1. The lowest BCUT2D eigenvalue weighted by atomic mass is 10.1. The van der Waals surface area contributed by atoms with E-state index in [1.807, 2.05) is 6.07 Å². The molecule has 1 aromatic rings. The fourth-order valence-corrected chi connectivity index (χ4v) is 3.67. The Labute approximate surface area is 163 Å². The Balaban J connectivity index is 1.44. The van der Waals surface area contributed by atoms with E-state index >= 15 is 0 Å². The van der Waals surface area contributed by atoms with E-state index in [1.54, 1.807) is 0 Å². The van der Waals surface area contributed by atoms with Gasteiger partial charge in [-0.25, -0.2) is 0 Å². The Hall–Kier alpha value is -1.63. The predicted molar refractivity (Wildman–Crippen MR) is 109 cm³/mol. The Kier molecular flexibility index (Phi) is 7.93. The van der Waals surface area contributed by atoms with Crippen LogP contribution in [0.1, 0.15) is 18.9 Å². The zero-order valence-corrected chi connectivity index (χ0v) is 16.8. The van der Waals surface area contributed by atoms with Gasteiger partial charge in [0.15, 0.2) is 5.96 Å². The monoisotopic (exact) mass is 374 g/mol. The number of hydrogen-bond donors (Lipinski definition) is 1. The van der Waals surface area contributed by atoms with Crippen molar-refractivity contribution in [2.45, 2.75) is 26.1 Å². The Bertz CT molecular complexity index is 581. The molecular formula is C21H34N4O2. The lowest BCUT2D eigenvalue weighted by Gasteiger charge is -2.29. The van der Waals surface area contributed by atoms with Crippen LogP contribution >= 0.6 is 0 Å². The number of morpholine rings is 1. The van der Waals surface area contributed by atoms with Crippen LogP contribution in [0, 0.1) is 5.92 Å². The molecule has 2 atom stereocenters. The van der Waals surface area contributed by atoms with Gasteiger partial charge in [0, 0.05) is 38.6 Å². The van der Waals surface area contributed by atoms with E-state index < -0.39 is 0 Å². The van der Waals surface area contributed by atoms with Crippen LogP contribution in [0.3, 0.4) is 0 Å². The molecule has 0 aliphatic carbocycles. The highest BCUT2D eigenvalue weighted by molar-refractivity contribution is 5.80. The van der Waals surface area contributed by atoms with Crippen molar-refractivity contribution >= 4 is 5.96 Å². The molecule has 0 aromatic heterocycles. The first-order valence-corrected chi connectivity index (χ1v) is 10.2. The molecule has 2 aliphatic heterocycles. The van der Waals surface area contributed by atoms with E-state index in [1.165, 1.54) is 5.56 Å². The van der Waals surface area contributed by atoms with Crippen molar-refractivity contribution in [3.05, 3.63) is 35.9 Å². The molecule has 2 heterocycles. The number of ether oxygens (including phenoxy) is 2. The minimum atomic E-state index is 0.199. The van der Waals surface area contributed by atoms with E-state index in [4.69, 9.17) is 14.5 Å². The molecule has 3 rings (SSSR count). The molecule has 1 aromatic carbocycles. The van der Waals surface area contributed by atoms with Gasteiger partial charge >= 0.3 is 0 Å². The number of likely N-dealkylation sites (tertiary alicyclic amines) is 1. The van der Waals surface area contributed by atoms with E-state index in [0.29, 0.717) is 12.5 Å². The van der Waals surface area contributed by atoms with Crippen LogP contribution in [0.4, 0.5) is 0 Å². The summed E-state index contributed by atoms with van der Waals surface area (Å²) in [6, 6.07) is 10.4. The van der Waals surface area contributed by atoms with Gasteiger partial charge < -0.3 is 24.6 Å². The minimum Gasteiger partial charge on any atom is -0.376 e. The van der Waals surface area contributed by atoms with Crippen molar-refractivity contribution < 1.29 is 9.47 Å². The van der Waals surface area contributed by atoms with Crippen LogP contribution < -0.4 is 5.32 Å². The van der Waals surface area contributed by atoms with Gasteiger partial charge in [-0.05, 0) is 26.0 Å². The van der Waals surface area contributed by atoms with Crippen LogP contribution in [0.25, 0.3) is 0 Å². The molecule has 1 N–H and O–H groups in total. The summed E-state index contributed by atoms with van der Waals surface area (Å²) in [6.07, 6.45) is 1.35. The molecule has 6 nitrogen and oxygen atoms in total. The summed E-state index contributed by atoms with van der Waals surface area (Å²) in [5, 5.41) is 3.44. The number of rotatable bonds is 7. The van der Waals surface area contributed by atoms with Crippen LogP contribution in [0.5, 0.6) is 0 Å². The maximum Gasteiger partial charge on any atom is 0.194 e. The van der Waals surface area contributed by atoms with E-state index in [9.17, 15) is 0 Å². The molecule has 0 spiro atoms. The van der Waals surface area contributed by atoms with Gasteiger partial charge in [0.2, 0.25) is 0 Å². The summed E-state index contributed by atoms with van der Waals surface area (Å²) in [6.45, 7) is 10.0. The zero-order valence-electron chi connectivity index (χ0n) is 16.8. The lowest BCUT2D eigenvalue weighted by molar-refractivity contribution is -0.0137. The Morgan fingerprint density at radius 2 is 2.11 bits per heavy atom. The van der Waals surface area contributed by atoms with Gasteiger partial charge in [0.1, 0.15) is 0 Å². The third-order valence-corrected chi connectivity index (χ3v) is 5.17. The predicted octanol–water partition coefficient (Wildman–Crippen LogP) is 1.82. The first-order valence-electron chi connectivity index (χ1n) is 10.2. The van der Waals surface area contributed by atoms with Crippen molar-refractivity contribution in [2.75, 3.05) is 59.5 Å². The molecule has 2 aliphatic rings. The smallest absolute Gasteiger partial charge is 0.194 e. The average molecular weight is 375 g/mol. The maximum atomic E-state index is 5.95. The SMILES string of the molecule is CCNC(=NCC1CN(C)CCO1)N1CCC(COCc2ccccc2)C1. The molecule has 0 bridgehead atoms. The highest BCUT2D eigenvalue weighted by Gasteiger charge is 2.25. The lowest BCUT2D eigenvalue weighted by Crippen LogP contribution is -2.44. The molecule has 2 saturated heterocycles. The number of nitrogens with one attached hydrogen (secondary N) is 1. The second-order valence-electron chi connectivity index (χ2n) is 7.55. The summed E-state index contributed by atoms with van der Waals surface area (Å²) in [7, 11) is 2.14. The molecule has 0 amide bonds. The second-order valence-corrected chi connectivity index (χ2v) is 7.55. The average Bonchev–Trinajstić information content (AvgIpc) is 3.15. The van der Waals surface area contributed by atoms with Crippen LogP contribution in [-0.4, -0.2) is 81.4 Å². The van der Waals surface area contributed by atoms with Gasteiger partial charge in [-0.3, -0.25) is 4.99 Å². The van der Waals surface area contributed by atoms with Crippen LogP contribution in [-0.2, 0) is 16.1 Å².